The van der Waals surface area contributed by atoms with Gasteiger partial charge in [0.05, 0.1) is 12.8 Å². The number of anilines is 1. The highest BCUT2D eigenvalue weighted by Crippen LogP contribution is 2.30. The van der Waals surface area contributed by atoms with Crippen molar-refractivity contribution in [2.75, 3.05) is 24.9 Å². The summed E-state index contributed by atoms with van der Waals surface area (Å²) in [7, 11) is 3.22. The highest BCUT2D eigenvalue weighted by atomic mass is 79.9. The monoisotopic (exact) mass is 291 g/mol. The van der Waals surface area contributed by atoms with Crippen molar-refractivity contribution in [2.24, 2.45) is 0 Å². The quantitative estimate of drug-likeness (QED) is 0.802. The fourth-order valence-electron chi connectivity index (χ4n) is 1.15. The second kappa shape index (κ2) is 5.37. The van der Waals surface area contributed by atoms with Crippen LogP contribution in [-0.2, 0) is 4.79 Å². The van der Waals surface area contributed by atoms with E-state index in [1.807, 2.05) is 12.1 Å². The summed E-state index contributed by atoms with van der Waals surface area (Å²) in [5.74, 6) is 0.416. The van der Waals surface area contributed by atoms with Gasteiger partial charge in [0.25, 0.3) is 0 Å². The zero-order valence-electron chi connectivity index (χ0n) is 8.46. The Morgan fingerprint density at radius 3 is 2.80 bits per heavy atom. The van der Waals surface area contributed by atoms with Crippen LogP contribution in [0.25, 0.3) is 0 Å². The van der Waals surface area contributed by atoms with Gasteiger partial charge in [-0.2, -0.15) is 0 Å². The molecule has 0 fully saturated rings. The molecule has 0 N–H and O–H groups in total. The average molecular weight is 293 g/mol. The van der Waals surface area contributed by atoms with Crippen LogP contribution in [-0.4, -0.2) is 25.9 Å². The van der Waals surface area contributed by atoms with Gasteiger partial charge in [-0.1, -0.05) is 15.9 Å². The molecule has 1 aromatic carbocycles. The van der Waals surface area contributed by atoms with Crippen molar-refractivity contribution in [3.05, 3.63) is 22.7 Å². The van der Waals surface area contributed by atoms with Crippen molar-refractivity contribution in [1.82, 2.24) is 0 Å². The van der Waals surface area contributed by atoms with Crippen molar-refractivity contribution < 1.29 is 9.53 Å². The first-order valence-corrected chi connectivity index (χ1v) is 5.59. The first-order valence-electron chi connectivity index (χ1n) is 4.26. The van der Waals surface area contributed by atoms with Crippen LogP contribution in [0.2, 0.25) is 0 Å². The lowest BCUT2D eigenvalue weighted by atomic mass is 10.2. The second-order valence-electron chi connectivity index (χ2n) is 2.90. The standard InChI is InChI=1S/C10H11BrClNO2/c1-13(10(14)6-12)8-5-7(11)3-4-9(8)15-2/h3-5H,6H2,1-2H3. The van der Waals surface area contributed by atoms with Gasteiger partial charge in [-0.15, -0.1) is 11.6 Å². The minimum atomic E-state index is -0.173. The second-order valence-corrected chi connectivity index (χ2v) is 4.09. The van der Waals surface area contributed by atoms with Crippen LogP contribution in [0.15, 0.2) is 22.7 Å². The minimum Gasteiger partial charge on any atom is -0.495 e. The summed E-state index contributed by atoms with van der Waals surface area (Å²) in [4.78, 5) is 12.9. The van der Waals surface area contributed by atoms with Gasteiger partial charge in [-0.25, -0.2) is 0 Å². The average Bonchev–Trinajstić information content (AvgIpc) is 2.27. The number of carbonyl (C=O) groups is 1. The Labute approximate surface area is 102 Å². The molecule has 0 unspecified atom stereocenters. The molecule has 0 spiro atoms. The predicted octanol–water partition coefficient (Wildman–Crippen LogP) is 2.66. The number of carbonyl (C=O) groups excluding carboxylic acids is 1. The van der Waals surface area contributed by atoms with Crippen molar-refractivity contribution in [3.63, 3.8) is 0 Å². The third-order valence-corrected chi connectivity index (χ3v) is 2.71. The summed E-state index contributed by atoms with van der Waals surface area (Å²) in [5.41, 5.74) is 0.692. The smallest absolute Gasteiger partial charge is 0.241 e. The molecule has 0 heterocycles. The number of amides is 1. The van der Waals surface area contributed by atoms with E-state index in [1.54, 1.807) is 20.2 Å². The van der Waals surface area contributed by atoms with Crippen LogP contribution in [0.1, 0.15) is 0 Å². The minimum absolute atomic E-state index is 0.0494. The maximum Gasteiger partial charge on any atom is 0.241 e. The Morgan fingerprint density at radius 1 is 1.60 bits per heavy atom. The summed E-state index contributed by atoms with van der Waals surface area (Å²) in [6.45, 7) is 0. The Kier molecular flexibility index (Phi) is 4.42. The van der Waals surface area contributed by atoms with E-state index in [1.165, 1.54) is 4.90 Å². The van der Waals surface area contributed by atoms with Crippen molar-refractivity contribution in [2.45, 2.75) is 0 Å². The van der Waals surface area contributed by atoms with Crippen LogP contribution in [0.5, 0.6) is 5.75 Å². The van der Waals surface area contributed by atoms with Gasteiger partial charge in [0.2, 0.25) is 5.91 Å². The molecule has 1 aromatic rings. The number of nitrogens with zero attached hydrogens (tertiary/aromatic N) is 1. The van der Waals surface area contributed by atoms with E-state index in [4.69, 9.17) is 16.3 Å². The fraction of sp³-hybridized carbons (Fsp3) is 0.300. The Morgan fingerprint density at radius 2 is 2.27 bits per heavy atom. The molecule has 82 valence electrons. The Balaban J connectivity index is 3.10. The molecule has 0 bridgehead atoms. The van der Waals surface area contributed by atoms with Gasteiger partial charge in [0.1, 0.15) is 11.6 Å². The van der Waals surface area contributed by atoms with Crippen molar-refractivity contribution in [3.8, 4) is 5.75 Å². The first kappa shape index (κ1) is 12.3. The normalized spacial score (nSPS) is 9.87. The lowest BCUT2D eigenvalue weighted by Crippen LogP contribution is -2.27. The Hall–Kier alpha value is -0.740. The molecule has 0 saturated heterocycles. The number of halogens is 2. The van der Waals surface area contributed by atoms with Crippen molar-refractivity contribution >= 4 is 39.1 Å². The highest BCUT2D eigenvalue weighted by Gasteiger charge is 2.14. The fourth-order valence-corrected chi connectivity index (χ4v) is 1.68. The molecule has 5 heteroatoms. The molecule has 1 amide bonds. The summed E-state index contributed by atoms with van der Waals surface area (Å²) >= 11 is 8.83. The molecular weight excluding hydrogens is 281 g/mol. The molecule has 3 nitrogen and oxygen atoms in total. The molecule has 0 radical (unpaired) electrons. The molecular formula is C10H11BrClNO2. The molecule has 1 rings (SSSR count). The SMILES string of the molecule is COc1ccc(Br)cc1N(C)C(=O)CCl. The van der Waals surface area contributed by atoms with E-state index in [0.29, 0.717) is 11.4 Å². The lowest BCUT2D eigenvalue weighted by molar-refractivity contribution is -0.116. The highest BCUT2D eigenvalue weighted by molar-refractivity contribution is 9.10. The maximum absolute atomic E-state index is 11.4. The number of methoxy groups -OCH3 is 1. The Bertz CT molecular complexity index is 370. The van der Waals surface area contributed by atoms with Gasteiger partial charge >= 0.3 is 0 Å². The van der Waals surface area contributed by atoms with Gasteiger partial charge < -0.3 is 9.64 Å². The van der Waals surface area contributed by atoms with E-state index < -0.39 is 0 Å². The van der Waals surface area contributed by atoms with Gasteiger partial charge in [0, 0.05) is 11.5 Å². The van der Waals surface area contributed by atoms with E-state index in [2.05, 4.69) is 15.9 Å². The number of hydrogen-bond donors (Lipinski definition) is 0. The largest absolute Gasteiger partial charge is 0.495 e. The molecule has 0 aromatic heterocycles. The number of benzene rings is 1. The number of ether oxygens (including phenoxy) is 1. The third-order valence-electron chi connectivity index (χ3n) is 1.99. The van der Waals surface area contributed by atoms with E-state index in [-0.39, 0.29) is 11.8 Å². The third kappa shape index (κ3) is 2.86. The van der Waals surface area contributed by atoms with Gasteiger partial charge in [0.15, 0.2) is 0 Å². The molecule has 0 aliphatic heterocycles. The van der Waals surface area contributed by atoms with Crippen LogP contribution >= 0.6 is 27.5 Å². The van der Waals surface area contributed by atoms with Crippen LogP contribution in [0, 0.1) is 0 Å². The summed E-state index contributed by atoms with van der Waals surface area (Å²) in [6, 6.07) is 5.45. The van der Waals surface area contributed by atoms with E-state index in [9.17, 15) is 4.79 Å². The number of rotatable bonds is 3. The summed E-state index contributed by atoms with van der Waals surface area (Å²) < 4.78 is 6.04. The first-order chi connectivity index (χ1) is 7.10. The summed E-state index contributed by atoms with van der Waals surface area (Å²) in [5, 5.41) is 0. The van der Waals surface area contributed by atoms with Crippen LogP contribution < -0.4 is 9.64 Å². The van der Waals surface area contributed by atoms with Crippen molar-refractivity contribution in [1.29, 1.82) is 0 Å². The zero-order chi connectivity index (χ0) is 11.4. The molecule has 0 saturated carbocycles. The maximum atomic E-state index is 11.4. The van der Waals surface area contributed by atoms with E-state index >= 15 is 0 Å². The van der Waals surface area contributed by atoms with Crippen LogP contribution in [0.4, 0.5) is 5.69 Å². The number of hydrogen-bond acceptors (Lipinski definition) is 2. The number of alkyl halides is 1. The van der Waals surface area contributed by atoms with E-state index in [0.717, 1.165) is 4.47 Å². The van der Waals surface area contributed by atoms with Gasteiger partial charge in [-0.05, 0) is 18.2 Å². The van der Waals surface area contributed by atoms with Crippen LogP contribution in [0.3, 0.4) is 0 Å². The molecule has 0 aliphatic rings. The zero-order valence-corrected chi connectivity index (χ0v) is 10.8. The van der Waals surface area contributed by atoms with Gasteiger partial charge in [-0.3, -0.25) is 4.79 Å². The topological polar surface area (TPSA) is 29.5 Å². The summed E-state index contributed by atoms with van der Waals surface area (Å²) in [6.07, 6.45) is 0. The lowest BCUT2D eigenvalue weighted by Gasteiger charge is -2.19. The predicted molar refractivity (Wildman–Crippen MR) is 64.8 cm³/mol. The molecule has 15 heavy (non-hydrogen) atoms. The molecule has 0 aliphatic carbocycles. The molecule has 0 atom stereocenters.